The maximum atomic E-state index is 11.7. The number of carbonyl (C=O) groups excluding carboxylic acids is 2. The lowest BCUT2D eigenvalue weighted by Crippen LogP contribution is -2.20. The maximum absolute atomic E-state index is 11.7. The van der Waals surface area contributed by atoms with Crippen LogP contribution in [0.15, 0.2) is 29.2 Å². The second kappa shape index (κ2) is 6.10. The number of rotatable bonds is 5. The Morgan fingerprint density at radius 3 is 2.42 bits per heavy atom. The summed E-state index contributed by atoms with van der Waals surface area (Å²) in [7, 11) is 1.43. The van der Waals surface area contributed by atoms with Crippen molar-refractivity contribution in [2.75, 3.05) is 12.4 Å². The molecule has 4 nitrogen and oxygen atoms in total. The number of hydrogen-bond acceptors (Lipinski definition) is 4. The molecule has 1 fully saturated rings. The van der Waals surface area contributed by atoms with Gasteiger partial charge in [-0.05, 0) is 43.0 Å². The van der Waals surface area contributed by atoms with E-state index in [1.807, 2.05) is 24.3 Å². The van der Waals surface area contributed by atoms with Crippen LogP contribution in [0, 0.1) is 5.92 Å². The molecule has 1 N–H and O–H groups in total. The number of thioether (sulfide) groups is 1. The zero-order chi connectivity index (χ0) is 13.8. The van der Waals surface area contributed by atoms with Crippen LogP contribution in [0.5, 0.6) is 0 Å². The molecule has 1 aromatic carbocycles. The quantitative estimate of drug-likeness (QED) is 0.665. The summed E-state index contributed by atoms with van der Waals surface area (Å²) in [5, 5.41) is 2.60. The van der Waals surface area contributed by atoms with Gasteiger partial charge in [0.25, 0.3) is 0 Å². The summed E-state index contributed by atoms with van der Waals surface area (Å²) in [5.41, 5.74) is 0.762. The van der Waals surface area contributed by atoms with Crippen molar-refractivity contribution in [3.05, 3.63) is 24.3 Å². The monoisotopic (exact) mass is 279 g/mol. The molecule has 0 spiro atoms. The van der Waals surface area contributed by atoms with Crippen molar-refractivity contribution in [2.45, 2.75) is 29.9 Å². The van der Waals surface area contributed by atoms with Crippen molar-refractivity contribution in [1.82, 2.24) is 0 Å². The minimum Gasteiger partial charge on any atom is -0.468 e. The molecule has 0 bridgehead atoms. The highest BCUT2D eigenvalue weighted by molar-refractivity contribution is 8.00. The average Bonchev–Trinajstić information content (AvgIpc) is 3.20. The third-order valence-electron chi connectivity index (χ3n) is 2.92. The fourth-order valence-electron chi connectivity index (χ4n) is 1.82. The number of hydrogen-bond donors (Lipinski definition) is 1. The highest BCUT2D eigenvalue weighted by atomic mass is 32.2. The molecule has 5 heteroatoms. The van der Waals surface area contributed by atoms with Gasteiger partial charge >= 0.3 is 5.97 Å². The Hall–Kier alpha value is -1.49. The third-order valence-corrected chi connectivity index (χ3v) is 4.30. The molecule has 1 amide bonds. The second-order valence-electron chi connectivity index (χ2n) is 4.60. The predicted octanol–water partition coefficient (Wildman–Crippen LogP) is 2.69. The normalized spacial score (nSPS) is 15.7. The molecule has 0 aromatic heterocycles. The van der Waals surface area contributed by atoms with E-state index >= 15 is 0 Å². The van der Waals surface area contributed by atoms with E-state index in [0.29, 0.717) is 5.92 Å². The number of nitrogens with one attached hydrogen (secondary N) is 1. The topological polar surface area (TPSA) is 55.4 Å². The van der Waals surface area contributed by atoms with Crippen molar-refractivity contribution < 1.29 is 14.3 Å². The lowest BCUT2D eigenvalue weighted by Gasteiger charge is -2.13. The van der Waals surface area contributed by atoms with Gasteiger partial charge in [0.05, 0.1) is 7.11 Å². The summed E-state index contributed by atoms with van der Waals surface area (Å²) in [6.45, 7) is 1.48. The Morgan fingerprint density at radius 1 is 1.32 bits per heavy atom. The van der Waals surface area contributed by atoms with Gasteiger partial charge in [0, 0.05) is 17.5 Å². The number of carbonyl (C=O) groups is 2. The number of benzene rings is 1. The van der Waals surface area contributed by atoms with Crippen LogP contribution >= 0.6 is 11.8 Å². The summed E-state index contributed by atoms with van der Waals surface area (Å²) in [6, 6.07) is 7.50. The number of amides is 1. The molecule has 0 aliphatic heterocycles. The molecule has 1 aliphatic rings. The Balaban J connectivity index is 2.01. The first-order valence-electron chi connectivity index (χ1n) is 6.22. The van der Waals surface area contributed by atoms with E-state index in [0.717, 1.165) is 23.4 Å². The highest BCUT2D eigenvalue weighted by Crippen LogP contribution is 2.42. The minimum atomic E-state index is -0.154. The SMILES string of the molecule is COC(=O)C(Sc1ccc(NC(C)=O)cc1)C1CC1. The maximum Gasteiger partial charge on any atom is 0.319 e. The standard InChI is InChI=1S/C14H17NO3S/c1-9(16)15-11-5-7-12(8-6-11)19-13(10-3-4-10)14(17)18-2/h5-8,10,13H,3-4H2,1-2H3,(H,15,16). The molecular formula is C14H17NO3S. The van der Waals surface area contributed by atoms with Crippen LogP contribution in [-0.2, 0) is 14.3 Å². The van der Waals surface area contributed by atoms with E-state index in [-0.39, 0.29) is 17.1 Å². The molecule has 19 heavy (non-hydrogen) atoms. The summed E-state index contributed by atoms with van der Waals surface area (Å²) < 4.78 is 4.85. The lowest BCUT2D eigenvalue weighted by molar-refractivity contribution is -0.140. The number of anilines is 1. The number of esters is 1. The van der Waals surface area contributed by atoms with Gasteiger partial charge in [0.15, 0.2) is 0 Å². The van der Waals surface area contributed by atoms with Crippen molar-refractivity contribution in [3.8, 4) is 0 Å². The Kier molecular flexibility index (Phi) is 4.47. The van der Waals surface area contributed by atoms with Gasteiger partial charge < -0.3 is 10.1 Å². The van der Waals surface area contributed by atoms with Crippen LogP contribution in [0.2, 0.25) is 0 Å². The van der Waals surface area contributed by atoms with E-state index in [1.54, 1.807) is 0 Å². The minimum absolute atomic E-state index is 0.0918. The molecule has 1 aliphatic carbocycles. The predicted molar refractivity (Wildman–Crippen MR) is 75.1 cm³/mol. The molecule has 2 rings (SSSR count). The Morgan fingerprint density at radius 2 is 1.95 bits per heavy atom. The van der Waals surface area contributed by atoms with Crippen molar-refractivity contribution in [2.24, 2.45) is 5.92 Å². The molecule has 1 aromatic rings. The van der Waals surface area contributed by atoms with Crippen LogP contribution in [0.4, 0.5) is 5.69 Å². The van der Waals surface area contributed by atoms with Gasteiger partial charge in [0.1, 0.15) is 5.25 Å². The molecule has 1 saturated carbocycles. The molecule has 1 atom stereocenters. The zero-order valence-corrected chi connectivity index (χ0v) is 11.8. The molecule has 102 valence electrons. The van der Waals surface area contributed by atoms with E-state index in [9.17, 15) is 9.59 Å². The number of ether oxygens (including phenoxy) is 1. The van der Waals surface area contributed by atoms with Crippen LogP contribution in [0.1, 0.15) is 19.8 Å². The van der Waals surface area contributed by atoms with Crippen LogP contribution in [0.25, 0.3) is 0 Å². The first-order chi connectivity index (χ1) is 9.10. The molecule has 0 heterocycles. The summed E-state index contributed by atoms with van der Waals surface area (Å²) in [5.74, 6) is 0.191. The first kappa shape index (κ1) is 13.9. The average molecular weight is 279 g/mol. The number of methoxy groups -OCH3 is 1. The van der Waals surface area contributed by atoms with Crippen molar-refractivity contribution in [1.29, 1.82) is 0 Å². The Bertz CT molecular complexity index is 468. The van der Waals surface area contributed by atoms with Gasteiger partial charge in [-0.15, -0.1) is 11.8 Å². The van der Waals surface area contributed by atoms with Crippen molar-refractivity contribution >= 4 is 29.3 Å². The van der Waals surface area contributed by atoms with Gasteiger partial charge in [-0.2, -0.15) is 0 Å². The molecular weight excluding hydrogens is 262 g/mol. The summed E-state index contributed by atoms with van der Waals surface area (Å²) >= 11 is 1.53. The molecule has 0 saturated heterocycles. The lowest BCUT2D eigenvalue weighted by atomic mass is 10.3. The van der Waals surface area contributed by atoms with Gasteiger partial charge in [-0.25, -0.2) is 0 Å². The van der Waals surface area contributed by atoms with Crippen LogP contribution < -0.4 is 5.32 Å². The fraction of sp³-hybridized carbons (Fsp3) is 0.429. The third kappa shape index (κ3) is 3.99. The van der Waals surface area contributed by atoms with E-state index in [2.05, 4.69) is 5.32 Å². The van der Waals surface area contributed by atoms with Gasteiger partial charge in [0.2, 0.25) is 5.91 Å². The zero-order valence-electron chi connectivity index (χ0n) is 11.0. The highest BCUT2D eigenvalue weighted by Gasteiger charge is 2.37. The fourth-order valence-corrected chi connectivity index (χ4v) is 3.06. The first-order valence-corrected chi connectivity index (χ1v) is 7.10. The summed E-state index contributed by atoms with van der Waals surface area (Å²) in [4.78, 5) is 23.6. The van der Waals surface area contributed by atoms with Gasteiger partial charge in [-0.1, -0.05) is 0 Å². The van der Waals surface area contributed by atoms with Crippen LogP contribution in [0.3, 0.4) is 0 Å². The largest absolute Gasteiger partial charge is 0.468 e. The Labute approximate surface area is 116 Å². The van der Waals surface area contributed by atoms with Gasteiger partial charge in [-0.3, -0.25) is 9.59 Å². The second-order valence-corrected chi connectivity index (χ2v) is 5.82. The van der Waals surface area contributed by atoms with E-state index < -0.39 is 0 Å². The van der Waals surface area contributed by atoms with Crippen LogP contribution in [-0.4, -0.2) is 24.2 Å². The van der Waals surface area contributed by atoms with E-state index in [1.165, 1.54) is 25.8 Å². The van der Waals surface area contributed by atoms with Crippen molar-refractivity contribution in [3.63, 3.8) is 0 Å². The molecule has 1 unspecified atom stereocenters. The van der Waals surface area contributed by atoms with E-state index in [4.69, 9.17) is 4.74 Å². The molecule has 0 radical (unpaired) electrons. The smallest absolute Gasteiger partial charge is 0.319 e. The summed E-state index contributed by atoms with van der Waals surface area (Å²) in [6.07, 6.45) is 2.19.